The van der Waals surface area contributed by atoms with Gasteiger partial charge in [-0.25, -0.2) is 4.98 Å². The van der Waals surface area contributed by atoms with E-state index in [9.17, 15) is 9.59 Å². The van der Waals surface area contributed by atoms with E-state index in [1.165, 1.54) is 0 Å². The summed E-state index contributed by atoms with van der Waals surface area (Å²) >= 11 is 19.1. The summed E-state index contributed by atoms with van der Waals surface area (Å²) in [6, 6.07) is 13.7. The number of anilines is 1. The Morgan fingerprint density at radius 1 is 1.18 bits per heavy atom. The Balaban J connectivity index is 1.94. The van der Waals surface area contributed by atoms with Crippen LogP contribution >= 0.6 is 46.8 Å². The van der Waals surface area contributed by atoms with Crippen molar-refractivity contribution in [1.29, 1.82) is 0 Å². The maximum atomic E-state index is 13.2. The third kappa shape index (κ3) is 6.09. The molecule has 1 heterocycles. The third-order valence-electron chi connectivity index (χ3n) is 4.99. The molecule has 0 saturated heterocycles. The molecule has 0 bridgehead atoms. The highest BCUT2D eigenvalue weighted by Gasteiger charge is 2.27. The Labute approximate surface area is 211 Å². The van der Waals surface area contributed by atoms with Gasteiger partial charge in [0.15, 0.2) is 16.0 Å². The second kappa shape index (κ2) is 11.1. The van der Waals surface area contributed by atoms with Gasteiger partial charge in [0.1, 0.15) is 0 Å². The summed E-state index contributed by atoms with van der Waals surface area (Å²) in [4.78, 5) is 32.2. The van der Waals surface area contributed by atoms with E-state index in [4.69, 9.17) is 41.2 Å². The molecule has 172 valence electrons. The summed E-state index contributed by atoms with van der Waals surface area (Å²) in [6.07, 6.45) is 0.594. The molecule has 6 nitrogen and oxygen atoms in total. The Morgan fingerprint density at radius 3 is 2.45 bits per heavy atom. The van der Waals surface area contributed by atoms with Crippen molar-refractivity contribution in [3.8, 4) is 0 Å². The number of benzene rings is 2. The first kappa shape index (κ1) is 25.1. The average molecular weight is 521 g/mol. The Bertz CT molecular complexity index is 1180. The molecule has 0 aliphatic rings. The zero-order valence-electron chi connectivity index (χ0n) is 18.0. The first-order chi connectivity index (χ1) is 15.7. The number of amides is 1. The number of aromatic nitrogens is 1. The number of carbonyl (C=O) groups excluding carboxylic acids is 2. The number of ketones is 1. The maximum absolute atomic E-state index is 13.2. The molecule has 1 aromatic heterocycles. The standard InChI is InChI=1S/C23H22Cl2N4O2S2/c1-3-18(15-9-10-16(24)17(25)11-15)29(12-19(30)20-13(2)27-22(26)33-20)23(32)28-21(31)14-7-5-4-6-8-14/h4-11,18H,3,12H2,1-2H3,(H2,26,27)(H,28,31,32). The van der Waals surface area contributed by atoms with Gasteiger partial charge in [-0.05, 0) is 55.4 Å². The fourth-order valence-electron chi connectivity index (χ4n) is 3.41. The van der Waals surface area contributed by atoms with Gasteiger partial charge in [0.05, 0.1) is 33.2 Å². The lowest BCUT2D eigenvalue weighted by atomic mass is 10.0. The topological polar surface area (TPSA) is 88.3 Å². The van der Waals surface area contributed by atoms with Crippen LogP contribution in [-0.4, -0.2) is 33.2 Å². The normalized spacial score (nSPS) is 11.6. The van der Waals surface area contributed by atoms with Crippen molar-refractivity contribution in [2.24, 2.45) is 0 Å². The number of nitrogen functional groups attached to an aromatic ring is 1. The summed E-state index contributed by atoms with van der Waals surface area (Å²) in [5, 5.41) is 4.02. The molecule has 1 atom stereocenters. The van der Waals surface area contributed by atoms with Crippen LogP contribution in [0.2, 0.25) is 10.0 Å². The van der Waals surface area contributed by atoms with E-state index >= 15 is 0 Å². The van der Waals surface area contributed by atoms with Gasteiger partial charge in [-0.15, -0.1) is 0 Å². The fourth-order valence-corrected chi connectivity index (χ4v) is 4.77. The SMILES string of the molecule is CCC(c1ccc(Cl)c(Cl)c1)N(CC(=O)c1sc(N)nc1C)C(=S)NC(=O)c1ccccc1. The Kier molecular flexibility index (Phi) is 8.42. The van der Waals surface area contributed by atoms with E-state index in [0.717, 1.165) is 16.9 Å². The smallest absolute Gasteiger partial charge is 0.257 e. The molecule has 10 heteroatoms. The largest absolute Gasteiger partial charge is 0.375 e. The summed E-state index contributed by atoms with van der Waals surface area (Å²) in [6.45, 7) is 3.62. The molecule has 0 radical (unpaired) electrons. The minimum Gasteiger partial charge on any atom is -0.375 e. The Hall–Kier alpha value is -2.52. The van der Waals surface area contributed by atoms with Crippen LogP contribution in [-0.2, 0) is 0 Å². The molecule has 3 aromatic rings. The van der Waals surface area contributed by atoms with E-state index in [1.54, 1.807) is 48.2 Å². The molecule has 0 spiro atoms. The molecule has 0 aliphatic carbocycles. The third-order valence-corrected chi connectivity index (χ3v) is 7.09. The van der Waals surface area contributed by atoms with E-state index < -0.39 is 0 Å². The number of hydrogen-bond acceptors (Lipinski definition) is 6. The zero-order chi connectivity index (χ0) is 24.1. The van der Waals surface area contributed by atoms with Crippen molar-refractivity contribution in [3.63, 3.8) is 0 Å². The fraction of sp³-hybridized carbons (Fsp3) is 0.217. The molecule has 1 unspecified atom stereocenters. The van der Waals surface area contributed by atoms with Crippen LogP contribution in [0.25, 0.3) is 0 Å². The van der Waals surface area contributed by atoms with Gasteiger partial charge in [-0.1, -0.05) is 65.7 Å². The molecular weight excluding hydrogens is 499 g/mol. The predicted molar refractivity (Wildman–Crippen MR) is 138 cm³/mol. The van der Waals surface area contributed by atoms with Gasteiger partial charge >= 0.3 is 0 Å². The number of nitrogens with zero attached hydrogens (tertiary/aromatic N) is 2. The zero-order valence-corrected chi connectivity index (χ0v) is 21.1. The molecule has 0 saturated carbocycles. The molecule has 0 aliphatic heterocycles. The van der Waals surface area contributed by atoms with E-state index in [1.807, 2.05) is 19.1 Å². The quantitative estimate of drug-likeness (QED) is 0.307. The highest BCUT2D eigenvalue weighted by Crippen LogP contribution is 2.31. The second-order valence-electron chi connectivity index (χ2n) is 7.24. The summed E-state index contributed by atoms with van der Waals surface area (Å²) < 4.78 is 0. The summed E-state index contributed by atoms with van der Waals surface area (Å²) in [7, 11) is 0. The summed E-state index contributed by atoms with van der Waals surface area (Å²) in [5.41, 5.74) is 7.61. The van der Waals surface area contributed by atoms with Gasteiger partial charge in [-0.2, -0.15) is 0 Å². The van der Waals surface area contributed by atoms with E-state index in [2.05, 4.69) is 10.3 Å². The van der Waals surface area contributed by atoms with Crippen LogP contribution in [0, 0.1) is 6.92 Å². The number of Topliss-reactive ketones (excluding diaryl/α,β-unsaturated/α-hetero) is 1. The van der Waals surface area contributed by atoms with Crippen molar-refractivity contribution in [1.82, 2.24) is 15.2 Å². The lowest BCUT2D eigenvalue weighted by Gasteiger charge is -2.33. The van der Waals surface area contributed by atoms with Crippen molar-refractivity contribution in [2.75, 3.05) is 12.3 Å². The maximum Gasteiger partial charge on any atom is 0.257 e. The molecule has 3 rings (SSSR count). The summed E-state index contributed by atoms with van der Waals surface area (Å²) in [5.74, 6) is -0.559. The molecule has 2 aromatic carbocycles. The van der Waals surface area contributed by atoms with Crippen molar-refractivity contribution in [2.45, 2.75) is 26.3 Å². The van der Waals surface area contributed by atoms with Crippen molar-refractivity contribution in [3.05, 3.63) is 80.3 Å². The van der Waals surface area contributed by atoms with Crippen LogP contribution < -0.4 is 11.1 Å². The highest BCUT2D eigenvalue weighted by atomic mass is 35.5. The number of aryl methyl sites for hydroxylation is 1. The predicted octanol–water partition coefficient (Wildman–Crippen LogP) is 5.69. The number of rotatable bonds is 7. The van der Waals surface area contributed by atoms with Crippen LogP contribution in [0.15, 0.2) is 48.5 Å². The van der Waals surface area contributed by atoms with Crippen LogP contribution in [0.1, 0.15) is 50.7 Å². The van der Waals surface area contributed by atoms with E-state index in [-0.39, 0.29) is 29.4 Å². The average Bonchev–Trinajstić information content (AvgIpc) is 3.14. The molecule has 1 amide bonds. The molecule has 3 N–H and O–H groups in total. The van der Waals surface area contributed by atoms with Gasteiger partial charge < -0.3 is 10.6 Å². The monoisotopic (exact) mass is 520 g/mol. The number of nitrogens with two attached hydrogens (primary N) is 1. The minimum atomic E-state index is -0.361. The lowest BCUT2D eigenvalue weighted by Crippen LogP contribution is -2.46. The van der Waals surface area contributed by atoms with Gasteiger partial charge in [0.25, 0.3) is 5.91 Å². The van der Waals surface area contributed by atoms with Crippen LogP contribution in [0.3, 0.4) is 0 Å². The first-order valence-electron chi connectivity index (χ1n) is 10.1. The van der Waals surface area contributed by atoms with Gasteiger partial charge in [0.2, 0.25) is 0 Å². The lowest BCUT2D eigenvalue weighted by molar-refractivity contribution is 0.0928. The van der Waals surface area contributed by atoms with Gasteiger partial charge in [-0.3, -0.25) is 14.9 Å². The number of hydrogen-bond donors (Lipinski definition) is 2. The molecular formula is C23H22Cl2N4O2S2. The molecule has 33 heavy (non-hydrogen) atoms. The number of thiazole rings is 1. The van der Waals surface area contributed by atoms with Gasteiger partial charge in [0, 0.05) is 5.56 Å². The van der Waals surface area contributed by atoms with Crippen molar-refractivity contribution < 1.29 is 9.59 Å². The minimum absolute atomic E-state index is 0.0743. The highest BCUT2D eigenvalue weighted by molar-refractivity contribution is 7.80. The van der Waals surface area contributed by atoms with Crippen LogP contribution in [0.5, 0.6) is 0 Å². The number of carbonyl (C=O) groups is 2. The number of nitrogens with one attached hydrogen (secondary N) is 1. The number of thiocarbonyl (C=S) groups is 1. The van der Waals surface area contributed by atoms with Crippen LogP contribution in [0.4, 0.5) is 5.13 Å². The van der Waals surface area contributed by atoms with E-state index in [0.29, 0.717) is 37.7 Å². The molecule has 0 fully saturated rings. The Morgan fingerprint density at radius 2 is 1.88 bits per heavy atom. The van der Waals surface area contributed by atoms with Crippen molar-refractivity contribution >= 4 is 68.7 Å². The number of halogens is 2. The first-order valence-corrected chi connectivity index (χ1v) is 12.1. The second-order valence-corrected chi connectivity index (χ2v) is 9.47.